The number of carbonyl (C=O) groups excluding carboxylic acids is 1. The predicted octanol–water partition coefficient (Wildman–Crippen LogP) is 2.37. The summed E-state index contributed by atoms with van der Waals surface area (Å²) in [4.78, 5) is 29.4. The van der Waals surface area contributed by atoms with E-state index in [1.54, 1.807) is 12.5 Å². The lowest BCUT2D eigenvalue weighted by Crippen LogP contribution is -2.49. The number of amides is 1. The fraction of sp³-hybridized carbons (Fsp3) is 0.474. The fourth-order valence-corrected chi connectivity index (χ4v) is 3.21. The second kappa shape index (κ2) is 7.27. The van der Waals surface area contributed by atoms with Crippen molar-refractivity contribution in [1.29, 1.82) is 0 Å². The molecule has 1 saturated heterocycles. The molecule has 3 heterocycles. The lowest BCUT2D eigenvalue weighted by Gasteiger charge is -2.35. The van der Waals surface area contributed by atoms with Crippen molar-refractivity contribution in [2.45, 2.75) is 26.2 Å². The van der Waals surface area contributed by atoms with E-state index in [1.807, 2.05) is 30.0 Å². The van der Waals surface area contributed by atoms with Gasteiger partial charge in [-0.2, -0.15) is 0 Å². The summed E-state index contributed by atoms with van der Waals surface area (Å²) in [7, 11) is 0. The molecule has 0 bridgehead atoms. The average Bonchev–Trinajstić information content (AvgIpc) is 3.46. The summed E-state index contributed by atoms with van der Waals surface area (Å²) in [5.74, 6) is 3.32. The highest BCUT2D eigenvalue weighted by atomic mass is 16.2. The van der Waals surface area contributed by atoms with Gasteiger partial charge in [0, 0.05) is 44.9 Å². The van der Waals surface area contributed by atoms with Crippen LogP contribution >= 0.6 is 0 Å². The maximum absolute atomic E-state index is 12.2. The number of aryl methyl sites for hydroxylation is 1. The largest absolute Gasteiger partial charge is 0.353 e. The van der Waals surface area contributed by atoms with Crippen LogP contribution in [0.3, 0.4) is 0 Å². The Morgan fingerprint density at radius 2 is 1.88 bits per heavy atom. The number of piperazine rings is 1. The van der Waals surface area contributed by atoms with E-state index in [0.717, 1.165) is 55.6 Å². The first kappa shape index (κ1) is 16.8. The van der Waals surface area contributed by atoms with Gasteiger partial charge in [0.1, 0.15) is 23.8 Å². The molecule has 1 aliphatic carbocycles. The Morgan fingerprint density at radius 1 is 1.12 bits per heavy atom. The zero-order valence-electron chi connectivity index (χ0n) is 15.1. The molecule has 1 aliphatic heterocycles. The second-order valence-corrected chi connectivity index (χ2v) is 7.12. The Balaban J connectivity index is 1.37. The standard InChI is InChI=1S/C19H24N6O/c1-14-4-5-20-16(10-14)23-17-12-18(22-13-21-17)24-6-8-25(9-7-24)19(26)11-15-2-3-15/h4-5,10,12-13,15H,2-3,6-9,11H2,1H3,(H,20,21,22,23). The molecular weight excluding hydrogens is 328 g/mol. The minimum atomic E-state index is 0.308. The lowest BCUT2D eigenvalue weighted by atomic mass is 10.2. The van der Waals surface area contributed by atoms with Crippen molar-refractivity contribution in [3.05, 3.63) is 36.3 Å². The molecule has 0 unspecified atom stereocenters. The highest BCUT2D eigenvalue weighted by molar-refractivity contribution is 5.77. The number of nitrogens with zero attached hydrogens (tertiary/aromatic N) is 5. The molecule has 1 N–H and O–H groups in total. The molecule has 26 heavy (non-hydrogen) atoms. The Bertz CT molecular complexity index is 783. The van der Waals surface area contributed by atoms with Crippen LogP contribution in [0.1, 0.15) is 24.8 Å². The van der Waals surface area contributed by atoms with Gasteiger partial charge in [-0.1, -0.05) is 0 Å². The van der Waals surface area contributed by atoms with Gasteiger partial charge >= 0.3 is 0 Å². The number of anilines is 3. The van der Waals surface area contributed by atoms with Crippen molar-refractivity contribution < 1.29 is 4.79 Å². The summed E-state index contributed by atoms with van der Waals surface area (Å²) < 4.78 is 0. The number of pyridine rings is 1. The number of carbonyl (C=O) groups is 1. The van der Waals surface area contributed by atoms with Crippen LogP contribution in [0.25, 0.3) is 0 Å². The maximum atomic E-state index is 12.2. The van der Waals surface area contributed by atoms with Crippen molar-refractivity contribution in [3.8, 4) is 0 Å². The van der Waals surface area contributed by atoms with Gasteiger partial charge < -0.3 is 15.1 Å². The third-order valence-corrected chi connectivity index (χ3v) is 4.94. The third-order valence-electron chi connectivity index (χ3n) is 4.94. The topological polar surface area (TPSA) is 74.2 Å². The molecule has 2 aromatic rings. The first-order chi connectivity index (χ1) is 12.7. The first-order valence-corrected chi connectivity index (χ1v) is 9.22. The highest BCUT2D eigenvalue weighted by Gasteiger charge is 2.28. The molecule has 1 saturated carbocycles. The van der Waals surface area contributed by atoms with Gasteiger partial charge in [-0.05, 0) is 43.4 Å². The van der Waals surface area contributed by atoms with Gasteiger partial charge in [-0.25, -0.2) is 15.0 Å². The SMILES string of the molecule is Cc1ccnc(Nc2cc(N3CCN(C(=O)CC4CC4)CC3)ncn2)c1. The summed E-state index contributed by atoms with van der Waals surface area (Å²) >= 11 is 0. The van der Waals surface area contributed by atoms with E-state index in [9.17, 15) is 4.79 Å². The number of rotatable bonds is 5. The van der Waals surface area contributed by atoms with Crippen LogP contribution < -0.4 is 10.2 Å². The van der Waals surface area contributed by atoms with Crippen molar-refractivity contribution in [1.82, 2.24) is 19.9 Å². The van der Waals surface area contributed by atoms with Crippen LogP contribution in [0.2, 0.25) is 0 Å². The highest BCUT2D eigenvalue weighted by Crippen LogP contribution is 2.33. The Kier molecular flexibility index (Phi) is 4.69. The van der Waals surface area contributed by atoms with E-state index >= 15 is 0 Å². The molecule has 2 fully saturated rings. The summed E-state index contributed by atoms with van der Waals surface area (Å²) in [6, 6.07) is 5.87. The predicted molar refractivity (Wildman–Crippen MR) is 100 cm³/mol. The number of hydrogen-bond acceptors (Lipinski definition) is 6. The number of aromatic nitrogens is 3. The Hall–Kier alpha value is -2.70. The van der Waals surface area contributed by atoms with Crippen molar-refractivity contribution >= 4 is 23.4 Å². The number of hydrogen-bond donors (Lipinski definition) is 1. The van der Waals surface area contributed by atoms with Crippen LogP contribution in [0, 0.1) is 12.8 Å². The smallest absolute Gasteiger partial charge is 0.222 e. The quantitative estimate of drug-likeness (QED) is 0.890. The lowest BCUT2D eigenvalue weighted by molar-refractivity contribution is -0.131. The zero-order valence-corrected chi connectivity index (χ0v) is 15.1. The van der Waals surface area contributed by atoms with Crippen LogP contribution in [-0.2, 0) is 4.79 Å². The van der Waals surface area contributed by atoms with Crippen LogP contribution in [-0.4, -0.2) is 51.9 Å². The molecule has 4 rings (SSSR count). The van der Waals surface area contributed by atoms with E-state index in [-0.39, 0.29) is 0 Å². The molecule has 0 aromatic carbocycles. The molecule has 1 amide bonds. The molecule has 2 aliphatic rings. The summed E-state index contributed by atoms with van der Waals surface area (Å²) in [6.07, 6.45) is 6.51. The first-order valence-electron chi connectivity index (χ1n) is 9.22. The maximum Gasteiger partial charge on any atom is 0.222 e. The van der Waals surface area contributed by atoms with Gasteiger partial charge in [-0.3, -0.25) is 4.79 Å². The molecule has 0 atom stereocenters. The molecular formula is C19H24N6O. The van der Waals surface area contributed by atoms with Crippen LogP contribution in [0.15, 0.2) is 30.7 Å². The Labute approximate surface area is 153 Å². The second-order valence-electron chi connectivity index (χ2n) is 7.12. The average molecular weight is 352 g/mol. The van der Waals surface area contributed by atoms with E-state index in [2.05, 4.69) is 25.2 Å². The Morgan fingerprint density at radius 3 is 2.62 bits per heavy atom. The van der Waals surface area contributed by atoms with E-state index < -0.39 is 0 Å². The van der Waals surface area contributed by atoms with Crippen molar-refractivity contribution in [2.24, 2.45) is 5.92 Å². The van der Waals surface area contributed by atoms with Gasteiger partial charge in [0.2, 0.25) is 5.91 Å². The van der Waals surface area contributed by atoms with Crippen LogP contribution in [0.4, 0.5) is 17.5 Å². The molecule has 7 heteroatoms. The molecule has 2 aromatic heterocycles. The summed E-state index contributed by atoms with van der Waals surface area (Å²) in [5, 5.41) is 3.23. The van der Waals surface area contributed by atoms with Gasteiger partial charge in [0.05, 0.1) is 0 Å². The molecule has 0 spiro atoms. The van der Waals surface area contributed by atoms with E-state index in [4.69, 9.17) is 0 Å². The molecule has 136 valence electrons. The van der Waals surface area contributed by atoms with Crippen LogP contribution in [0.5, 0.6) is 0 Å². The summed E-state index contributed by atoms with van der Waals surface area (Å²) in [5.41, 5.74) is 1.14. The minimum absolute atomic E-state index is 0.308. The van der Waals surface area contributed by atoms with Gasteiger partial charge in [0.15, 0.2) is 0 Å². The molecule has 0 radical (unpaired) electrons. The summed E-state index contributed by atoms with van der Waals surface area (Å²) in [6.45, 7) is 5.16. The normalized spacial score (nSPS) is 17.3. The fourth-order valence-electron chi connectivity index (χ4n) is 3.21. The van der Waals surface area contributed by atoms with E-state index in [0.29, 0.717) is 11.8 Å². The van der Waals surface area contributed by atoms with Crippen molar-refractivity contribution in [2.75, 3.05) is 36.4 Å². The third kappa shape index (κ3) is 4.09. The van der Waals surface area contributed by atoms with Gasteiger partial charge in [0.25, 0.3) is 0 Å². The minimum Gasteiger partial charge on any atom is -0.353 e. The molecule has 7 nitrogen and oxygen atoms in total. The van der Waals surface area contributed by atoms with E-state index in [1.165, 1.54) is 12.8 Å². The van der Waals surface area contributed by atoms with Crippen molar-refractivity contribution in [3.63, 3.8) is 0 Å². The monoisotopic (exact) mass is 352 g/mol. The zero-order chi connectivity index (χ0) is 17.9. The van der Waals surface area contributed by atoms with Gasteiger partial charge in [-0.15, -0.1) is 0 Å². The number of nitrogens with one attached hydrogen (secondary N) is 1.